The maximum atomic E-state index is 10.8. The summed E-state index contributed by atoms with van der Waals surface area (Å²) in [7, 11) is 0. The van der Waals surface area contributed by atoms with Crippen LogP contribution in [0, 0.1) is 0 Å². The topological polar surface area (TPSA) is 102 Å². The molecule has 0 bridgehead atoms. The van der Waals surface area contributed by atoms with Crippen LogP contribution in [-0.4, -0.2) is 35.8 Å². The normalized spacial score (nSPS) is 10.2. The molecule has 1 aromatic carbocycles. The maximum Gasteiger partial charge on any atom is 0.233 e. The number of nitrogens with two attached hydrogens (primary N) is 1. The first kappa shape index (κ1) is 19.1. The summed E-state index contributed by atoms with van der Waals surface area (Å²) in [5, 5.41) is 10.1. The zero-order chi connectivity index (χ0) is 17.2. The van der Waals surface area contributed by atoms with Crippen molar-refractivity contribution in [1.82, 2.24) is 5.06 Å². The molecule has 0 saturated carbocycles. The van der Waals surface area contributed by atoms with E-state index < -0.39 is 5.91 Å². The van der Waals surface area contributed by atoms with Crippen molar-refractivity contribution in [2.75, 3.05) is 13.2 Å². The fourth-order valence-corrected chi connectivity index (χ4v) is 2.05. The molecule has 3 N–H and O–H groups in total. The van der Waals surface area contributed by atoms with Crippen molar-refractivity contribution < 1.29 is 24.3 Å². The molecule has 0 aliphatic rings. The van der Waals surface area contributed by atoms with E-state index in [9.17, 15) is 14.8 Å². The third-order valence-corrected chi connectivity index (χ3v) is 3.17. The highest BCUT2D eigenvalue weighted by molar-refractivity contribution is 6.32. The Morgan fingerprint density at radius 1 is 1.39 bits per heavy atom. The highest BCUT2D eigenvalue weighted by atomic mass is 35.5. The molecule has 0 aromatic heterocycles. The molecule has 0 heterocycles. The van der Waals surface area contributed by atoms with Gasteiger partial charge < -0.3 is 15.2 Å². The summed E-state index contributed by atoms with van der Waals surface area (Å²) in [5.74, 6) is 0.219. The van der Waals surface area contributed by atoms with Crippen LogP contribution in [-0.2, 0) is 16.1 Å². The van der Waals surface area contributed by atoms with Gasteiger partial charge in [0, 0.05) is 0 Å². The number of hydroxylamine groups is 2. The van der Waals surface area contributed by atoms with Crippen LogP contribution in [0.2, 0.25) is 5.02 Å². The van der Waals surface area contributed by atoms with Gasteiger partial charge in [-0.2, -0.15) is 0 Å². The molecule has 0 saturated heterocycles. The molecular formula is C15H21ClN2O5. The summed E-state index contributed by atoms with van der Waals surface area (Å²) < 4.78 is 11.2. The fourth-order valence-electron chi connectivity index (χ4n) is 1.76. The van der Waals surface area contributed by atoms with E-state index in [-0.39, 0.29) is 26.0 Å². The molecule has 1 rings (SSSR count). The van der Waals surface area contributed by atoms with Crippen LogP contribution < -0.4 is 15.2 Å². The van der Waals surface area contributed by atoms with Gasteiger partial charge in [-0.05, 0) is 24.1 Å². The molecule has 0 atom stereocenters. The zero-order valence-electron chi connectivity index (χ0n) is 13.0. The predicted molar refractivity (Wildman–Crippen MR) is 84.6 cm³/mol. The van der Waals surface area contributed by atoms with Gasteiger partial charge in [-0.15, -0.1) is 0 Å². The number of ether oxygens (including phenoxy) is 2. The van der Waals surface area contributed by atoms with Crippen molar-refractivity contribution in [1.29, 1.82) is 0 Å². The highest BCUT2D eigenvalue weighted by Gasteiger charge is 2.14. The van der Waals surface area contributed by atoms with E-state index in [0.717, 1.165) is 12.8 Å². The number of benzene rings is 1. The Morgan fingerprint density at radius 2 is 2.13 bits per heavy atom. The number of carbonyl (C=O) groups is 2. The fraction of sp³-hybridized carbons (Fsp3) is 0.467. The number of rotatable bonds is 11. The van der Waals surface area contributed by atoms with Crippen LogP contribution in [0.5, 0.6) is 11.5 Å². The molecule has 0 aliphatic carbocycles. The quantitative estimate of drug-likeness (QED) is 0.277. The van der Waals surface area contributed by atoms with Gasteiger partial charge in [0.2, 0.25) is 12.3 Å². The minimum absolute atomic E-state index is 0.0510. The largest absolute Gasteiger partial charge is 0.489 e. The maximum absolute atomic E-state index is 10.8. The standard InChI is InChI=1S/C15H21ClN2O5/c1-2-3-5-23-15-12(16)7-11(9-18(21)10-19)8-13(15)22-6-4-14(17)20/h7-8,10,21H,2-6,9H2,1H3,(H2,17,20). The third kappa shape index (κ3) is 6.75. The summed E-state index contributed by atoms with van der Waals surface area (Å²) in [6.45, 7) is 2.54. The number of amides is 2. The smallest absolute Gasteiger partial charge is 0.233 e. The van der Waals surface area contributed by atoms with Gasteiger partial charge in [-0.1, -0.05) is 24.9 Å². The molecular weight excluding hydrogens is 324 g/mol. The Labute approximate surface area is 139 Å². The van der Waals surface area contributed by atoms with Crippen molar-refractivity contribution in [3.63, 3.8) is 0 Å². The zero-order valence-corrected chi connectivity index (χ0v) is 13.7. The van der Waals surface area contributed by atoms with E-state index in [1.54, 1.807) is 12.1 Å². The SMILES string of the molecule is CCCCOc1c(Cl)cc(CN(O)C=O)cc1OCCC(N)=O. The second-order valence-corrected chi connectivity index (χ2v) is 5.28. The van der Waals surface area contributed by atoms with Crippen molar-refractivity contribution in [2.45, 2.75) is 32.7 Å². The minimum Gasteiger partial charge on any atom is -0.489 e. The molecule has 0 unspecified atom stereocenters. The van der Waals surface area contributed by atoms with Crippen molar-refractivity contribution >= 4 is 23.9 Å². The van der Waals surface area contributed by atoms with Crippen LogP contribution in [0.3, 0.4) is 0 Å². The predicted octanol–water partition coefficient (Wildman–Crippen LogP) is 2.12. The van der Waals surface area contributed by atoms with Crippen LogP contribution in [0.1, 0.15) is 31.7 Å². The van der Waals surface area contributed by atoms with Gasteiger partial charge >= 0.3 is 0 Å². The summed E-state index contributed by atoms with van der Waals surface area (Å²) in [6.07, 6.45) is 2.16. The first-order chi connectivity index (χ1) is 11.0. The Balaban J connectivity index is 2.95. The lowest BCUT2D eigenvalue weighted by molar-refractivity contribution is -0.152. The Bertz CT molecular complexity index is 539. The van der Waals surface area contributed by atoms with Crippen LogP contribution >= 0.6 is 11.6 Å². The molecule has 1 aromatic rings. The Hall–Kier alpha value is -1.99. The lowest BCUT2D eigenvalue weighted by Crippen LogP contribution is -2.17. The number of carbonyl (C=O) groups excluding carboxylic acids is 2. The molecule has 0 aliphatic heterocycles. The average molecular weight is 345 g/mol. The molecule has 0 spiro atoms. The van der Waals surface area contributed by atoms with E-state index >= 15 is 0 Å². The number of hydrogen-bond acceptors (Lipinski definition) is 5. The van der Waals surface area contributed by atoms with E-state index in [0.29, 0.717) is 33.8 Å². The summed E-state index contributed by atoms with van der Waals surface area (Å²) in [6, 6.07) is 3.18. The van der Waals surface area contributed by atoms with Crippen LogP contribution in [0.4, 0.5) is 0 Å². The number of hydrogen-bond donors (Lipinski definition) is 2. The van der Waals surface area contributed by atoms with Crippen LogP contribution in [0.15, 0.2) is 12.1 Å². The molecule has 8 heteroatoms. The molecule has 7 nitrogen and oxygen atoms in total. The first-order valence-electron chi connectivity index (χ1n) is 7.25. The second-order valence-electron chi connectivity index (χ2n) is 4.87. The van der Waals surface area contributed by atoms with Gasteiger partial charge in [0.05, 0.1) is 31.2 Å². The highest BCUT2D eigenvalue weighted by Crippen LogP contribution is 2.37. The van der Waals surface area contributed by atoms with Crippen molar-refractivity contribution in [2.24, 2.45) is 5.73 Å². The summed E-state index contributed by atoms with van der Waals surface area (Å²) in [4.78, 5) is 21.3. The number of unbranched alkanes of at least 4 members (excludes halogenated alkanes) is 1. The van der Waals surface area contributed by atoms with Gasteiger partial charge in [-0.25, -0.2) is 5.06 Å². The second kappa shape index (κ2) is 9.91. The van der Waals surface area contributed by atoms with Crippen molar-refractivity contribution in [3.8, 4) is 11.5 Å². The van der Waals surface area contributed by atoms with E-state index in [4.69, 9.17) is 26.8 Å². The number of primary amides is 1. The Kier molecular flexibility index (Phi) is 8.21. The molecule has 128 valence electrons. The number of nitrogens with zero attached hydrogens (tertiary/aromatic N) is 1. The number of halogens is 1. The van der Waals surface area contributed by atoms with Gasteiger partial charge in [0.15, 0.2) is 11.5 Å². The lowest BCUT2D eigenvalue weighted by atomic mass is 10.2. The van der Waals surface area contributed by atoms with Crippen LogP contribution in [0.25, 0.3) is 0 Å². The van der Waals surface area contributed by atoms with E-state index in [2.05, 4.69) is 0 Å². The summed E-state index contributed by atoms with van der Waals surface area (Å²) >= 11 is 6.20. The third-order valence-electron chi connectivity index (χ3n) is 2.89. The molecule has 2 amide bonds. The lowest BCUT2D eigenvalue weighted by Gasteiger charge is -2.16. The average Bonchev–Trinajstić information content (AvgIpc) is 2.49. The minimum atomic E-state index is -0.483. The Morgan fingerprint density at radius 3 is 2.74 bits per heavy atom. The van der Waals surface area contributed by atoms with Gasteiger partial charge in [0.25, 0.3) is 0 Å². The van der Waals surface area contributed by atoms with Gasteiger partial charge in [0.1, 0.15) is 0 Å². The molecule has 0 radical (unpaired) electrons. The van der Waals surface area contributed by atoms with E-state index in [1.807, 2.05) is 6.92 Å². The van der Waals surface area contributed by atoms with Crippen molar-refractivity contribution in [3.05, 3.63) is 22.7 Å². The molecule has 23 heavy (non-hydrogen) atoms. The monoisotopic (exact) mass is 344 g/mol. The first-order valence-corrected chi connectivity index (χ1v) is 7.62. The summed E-state index contributed by atoms with van der Waals surface area (Å²) in [5.41, 5.74) is 5.64. The van der Waals surface area contributed by atoms with Gasteiger partial charge in [-0.3, -0.25) is 14.8 Å². The van der Waals surface area contributed by atoms with E-state index in [1.165, 1.54) is 0 Å². The molecule has 0 fully saturated rings.